The second-order valence-corrected chi connectivity index (χ2v) is 5.00. The van der Waals surface area contributed by atoms with Crippen LogP contribution in [0.25, 0.3) is 10.9 Å². The molecule has 4 nitrogen and oxygen atoms in total. The zero-order chi connectivity index (χ0) is 13.0. The first-order valence-corrected chi connectivity index (χ1v) is 7.13. The second kappa shape index (κ2) is 5.82. The first kappa shape index (κ1) is 12.8. The summed E-state index contributed by atoms with van der Waals surface area (Å²) in [5.41, 5.74) is 7.83. The number of nitrogen functional groups attached to an aromatic ring is 1. The van der Waals surface area contributed by atoms with Crippen LogP contribution < -0.4 is 10.5 Å². The van der Waals surface area contributed by atoms with Gasteiger partial charge in [-0.3, -0.25) is 4.79 Å². The molecule has 0 saturated carbocycles. The third-order valence-corrected chi connectivity index (χ3v) is 3.34. The van der Waals surface area contributed by atoms with Crippen LogP contribution in [-0.2, 0) is 0 Å². The van der Waals surface area contributed by atoms with Gasteiger partial charge in [0.15, 0.2) is 6.29 Å². The first-order chi connectivity index (χ1) is 8.74. The molecular weight excluding hydrogens is 248 g/mol. The molecule has 3 N–H and O–H groups in total. The molecule has 1 heterocycles. The van der Waals surface area contributed by atoms with Gasteiger partial charge in [0.25, 0.3) is 0 Å². The lowest BCUT2D eigenvalue weighted by Crippen LogP contribution is -1.99. The highest BCUT2D eigenvalue weighted by Gasteiger charge is 2.06. The quantitative estimate of drug-likeness (QED) is 0.478. The minimum absolute atomic E-state index is 0.524. The molecule has 0 aliphatic heterocycles. The number of fused-ring (bicyclic) bond motifs is 1. The number of carbonyl (C=O) groups is 1. The lowest BCUT2D eigenvalue weighted by atomic mass is 10.2. The molecule has 0 radical (unpaired) electrons. The van der Waals surface area contributed by atoms with Crippen LogP contribution in [0.1, 0.15) is 16.9 Å². The summed E-state index contributed by atoms with van der Waals surface area (Å²) in [6.45, 7) is 0.677. The van der Waals surface area contributed by atoms with Crippen molar-refractivity contribution in [3.8, 4) is 5.75 Å². The Labute approximate surface area is 110 Å². The number of ether oxygens (including phenoxy) is 1. The fourth-order valence-electron chi connectivity index (χ4n) is 1.81. The summed E-state index contributed by atoms with van der Waals surface area (Å²) in [4.78, 5) is 13.7. The van der Waals surface area contributed by atoms with Crippen molar-refractivity contribution in [1.82, 2.24) is 4.98 Å². The van der Waals surface area contributed by atoms with E-state index in [4.69, 9.17) is 10.5 Å². The topological polar surface area (TPSA) is 68.1 Å². The van der Waals surface area contributed by atoms with Crippen LogP contribution in [0.4, 0.5) is 5.69 Å². The van der Waals surface area contributed by atoms with Gasteiger partial charge >= 0.3 is 0 Å². The number of thioether (sulfide) groups is 1. The smallest absolute Gasteiger partial charge is 0.166 e. The van der Waals surface area contributed by atoms with Crippen molar-refractivity contribution >= 4 is 34.6 Å². The van der Waals surface area contributed by atoms with Gasteiger partial charge in [0.1, 0.15) is 5.75 Å². The van der Waals surface area contributed by atoms with Crippen LogP contribution in [0.5, 0.6) is 5.75 Å². The zero-order valence-electron chi connectivity index (χ0n) is 10.2. The van der Waals surface area contributed by atoms with E-state index in [1.165, 1.54) is 0 Å². The molecule has 0 spiro atoms. The summed E-state index contributed by atoms with van der Waals surface area (Å²) >= 11 is 1.80. The maximum absolute atomic E-state index is 10.7. The largest absolute Gasteiger partial charge is 0.493 e. The lowest BCUT2D eigenvalue weighted by molar-refractivity contribution is 0.112. The number of H-pyrrole nitrogens is 1. The Morgan fingerprint density at radius 1 is 1.44 bits per heavy atom. The van der Waals surface area contributed by atoms with Gasteiger partial charge in [0.2, 0.25) is 0 Å². The summed E-state index contributed by atoms with van der Waals surface area (Å²) in [7, 11) is 0. The Kier molecular flexibility index (Phi) is 4.15. The number of aldehydes is 1. The molecule has 96 valence electrons. The maximum atomic E-state index is 10.7. The average Bonchev–Trinajstić information content (AvgIpc) is 2.78. The molecule has 2 rings (SSSR count). The van der Waals surface area contributed by atoms with E-state index in [1.54, 1.807) is 23.9 Å². The Morgan fingerprint density at radius 2 is 2.28 bits per heavy atom. The lowest BCUT2D eigenvalue weighted by Gasteiger charge is -2.07. The molecule has 0 bridgehead atoms. The van der Waals surface area contributed by atoms with Crippen LogP contribution in [0, 0.1) is 0 Å². The molecular formula is C13H16N2O2S. The molecule has 0 atom stereocenters. The van der Waals surface area contributed by atoms with E-state index >= 15 is 0 Å². The number of aromatic amines is 1. The Hall–Kier alpha value is -1.62. The maximum Gasteiger partial charge on any atom is 0.166 e. The number of nitrogens with two attached hydrogens (primary N) is 1. The van der Waals surface area contributed by atoms with Gasteiger partial charge in [-0.05, 0) is 30.6 Å². The second-order valence-electron chi connectivity index (χ2n) is 4.01. The van der Waals surface area contributed by atoms with Crippen molar-refractivity contribution in [3.63, 3.8) is 0 Å². The normalized spacial score (nSPS) is 10.7. The number of anilines is 1. The van der Waals surface area contributed by atoms with Crippen LogP contribution in [-0.4, -0.2) is 29.9 Å². The van der Waals surface area contributed by atoms with Gasteiger partial charge in [0, 0.05) is 11.5 Å². The molecule has 1 aromatic heterocycles. The Balaban J connectivity index is 2.17. The van der Waals surface area contributed by atoms with Gasteiger partial charge in [0.05, 0.1) is 23.5 Å². The Bertz CT molecular complexity index is 551. The molecule has 1 aromatic carbocycles. The highest BCUT2D eigenvalue weighted by Crippen LogP contribution is 2.27. The van der Waals surface area contributed by atoms with Crippen molar-refractivity contribution in [3.05, 3.63) is 23.9 Å². The number of nitrogens with one attached hydrogen (secondary N) is 1. The molecule has 0 amide bonds. The third kappa shape index (κ3) is 2.79. The van der Waals surface area contributed by atoms with Crippen molar-refractivity contribution in [2.75, 3.05) is 24.3 Å². The van der Waals surface area contributed by atoms with Gasteiger partial charge in [-0.25, -0.2) is 0 Å². The Morgan fingerprint density at radius 3 is 3.00 bits per heavy atom. The number of carbonyl (C=O) groups excluding carboxylic acids is 1. The predicted molar refractivity (Wildman–Crippen MR) is 76.6 cm³/mol. The molecule has 5 heteroatoms. The van der Waals surface area contributed by atoms with E-state index in [1.807, 2.05) is 6.07 Å². The fourth-order valence-corrected chi connectivity index (χ4v) is 2.21. The minimum Gasteiger partial charge on any atom is -0.493 e. The SMILES string of the molecule is CSCCCOc1cc(N)c2[nH]c(C=O)cc2c1. The monoisotopic (exact) mass is 264 g/mol. The summed E-state index contributed by atoms with van der Waals surface area (Å²) in [5, 5.41) is 0.900. The van der Waals surface area contributed by atoms with E-state index in [0.717, 1.165) is 35.1 Å². The zero-order valence-corrected chi connectivity index (χ0v) is 11.0. The highest BCUT2D eigenvalue weighted by molar-refractivity contribution is 7.98. The summed E-state index contributed by atoms with van der Waals surface area (Å²) < 4.78 is 5.64. The number of rotatable bonds is 6. The van der Waals surface area contributed by atoms with Crippen LogP contribution in [0.2, 0.25) is 0 Å². The predicted octanol–water partition coefficient (Wildman–Crippen LogP) is 2.69. The number of aromatic nitrogens is 1. The number of hydrogen-bond acceptors (Lipinski definition) is 4. The molecule has 18 heavy (non-hydrogen) atoms. The molecule has 0 aliphatic carbocycles. The highest BCUT2D eigenvalue weighted by atomic mass is 32.2. The average molecular weight is 264 g/mol. The molecule has 2 aromatic rings. The van der Waals surface area contributed by atoms with Crippen LogP contribution in [0.15, 0.2) is 18.2 Å². The van der Waals surface area contributed by atoms with Gasteiger partial charge in [-0.1, -0.05) is 0 Å². The van der Waals surface area contributed by atoms with E-state index in [0.29, 0.717) is 18.0 Å². The molecule has 0 aliphatic rings. The fraction of sp³-hybridized carbons (Fsp3) is 0.308. The molecule has 0 unspecified atom stereocenters. The number of hydrogen-bond donors (Lipinski definition) is 2. The van der Waals surface area contributed by atoms with E-state index < -0.39 is 0 Å². The third-order valence-electron chi connectivity index (χ3n) is 2.64. The summed E-state index contributed by atoms with van der Waals surface area (Å²) in [5.74, 6) is 1.83. The van der Waals surface area contributed by atoms with Gasteiger partial charge in [-0.2, -0.15) is 11.8 Å². The van der Waals surface area contributed by atoms with Gasteiger partial charge < -0.3 is 15.5 Å². The van der Waals surface area contributed by atoms with E-state index in [9.17, 15) is 4.79 Å². The van der Waals surface area contributed by atoms with Gasteiger partial charge in [-0.15, -0.1) is 0 Å². The number of benzene rings is 1. The van der Waals surface area contributed by atoms with E-state index in [-0.39, 0.29) is 0 Å². The summed E-state index contributed by atoms with van der Waals surface area (Å²) in [6, 6.07) is 5.45. The molecule has 0 fully saturated rings. The van der Waals surface area contributed by atoms with Crippen LogP contribution in [0.3, 0.4) is 0 Å². The van der Waals surface area contributed by atoms with Crippen molar-refractivity contribution < 1.29 is 9.53 Å². The standard InChI is InChI=1S/C13H16N2O2S/c1-18-4-2-3-17-11-6-9-5-10(8-16)15-13(9)12(14)7-11/h5-8,15H,2-4,14H2,1H3. The van der Waals surface area contributed by atoms with Crippen LogP contribution >= 0.6 is 11.8 Å². The molecule has 0 saturated heterocycles. The van der Waals surface area contributed by atoms with Crippen molar-refractivity contribution in [2.24, 2.45) is 0 Å². The van der Waals surface area contributed by atoms with Crippen molar-refractivity contribution in [2.45, 2.75) is 6.42 Å². The first-order valence-electron chi connectivity index (χ1n) is 5.73. The van der Waals surface area contributed by atoms with E-state index in [2.05, 4.69) is 11.2 Å². The summed E-state index contributed by atoms with van der Waals surface area (Å²) in [6.07, 6.45) is 3.86. The minimum atomic E-state index is 0.524. The van der Waals surface area contributed by atoms with Crippen molar-refractivity contribution in [1.29, 1.82) is 0 Å².